The summed E-state index contributed by atoms with van der Waals surface area (Å²) in [6, 6.07) is 0. The monoisotopic (exact) mass is 210 g/mol. The van der Waals surface area contributed by atoms with Crippen LogP contribution in [0.4, 0.5) is 0 Å². The van der Waals surface area contributed by atoms with Crippen LogP contribution in [-0.2, 0) is 0 Å². The first-order valence-corrected chi connectivity index (χ1v) is 6.74. The summed E-state index contributed by atoms with van der Waals surface area (Å²) < 4.78 is 0. The van der Waals surface area contributed by atoms with Crippen molar-refractivity contribution in [3.63, 3.8) is 0 Å². The molecule has 1 aliphatic rings. The minimum absolute atomic E-state index is 0.508. The summed E-state index contributed by atoms with van der Waals surface area (Å²) in [5.74, 6) is 4.67. The third-order valence-electron chi connectivity index (χ3n) is 5.07. The smallest absolute Gasteiger partial charge is 0.0357 e. The van der Waals surface area contributed by atoms with Gasteiger partial charge < -0.3 is 0 Å². The van der Waals surface area contributed by atoms with Gasteiger partial charge in [0.1, 0.15) is 0 Å². The Labute approximate surface area is 96.8 Å². The van der Waals surface area contributed by atoms with Crippen molar-refractivity contribution in [2.24, 2.45) is 35.0 Å². The highest BCUT2D eigenvalue weighted by atomic mass is 14.5. The lowest BCUT2D eigenvalue weighted by Crippen LogP contribution is -2.16. The van der Waals surface area contributed by atoms with Crippen LogP contribution < -0.4 is 0 Å². The van der Waals surface area contributed by atoms with Crippen molar-refractivity contribution < 1.29 is 0 Å². The molecule has 0 spiro atoms. The van der Waals surface area contributed by atoms with E-state index in [0.717, 1.165) is 29.6 Å². The van der Waals surface area contributed by atoms with Gasteiger partial charge in [0.15, 0.2) is 0 Å². The van der Waals surface area contributed by atoms with Crippen LogP contribution in [0.3, 0.4) is 0 Å². The van der Waals surface area contributed by atoms with Crippen molar-refractivity contribution in [3.8, 4) is 0 Å². The lowest BCUT2D eigenvalue weighted by atomic mass is 9.80. The topological polar surface area (TPSA) is 0 Å². The van der Waals surface area contributed by atoms with Crippen molar-refractivity contribution in [2.75, 3.05) is 0 Å². The molecule has 4 atom stereocenters. The van der Waals surface area contributed by atoms with E-state index in [4.69, 9.17) is 0 Å². The quantitative estimate of drug-likeness (QED) is 0.602. The van der Waals surface area contributed by atoms with Crippen LogP contribution in [0.5, 0.6) is 0 Å². The summed E-state index contributed by atoms with van der Waals surface area (Å²) >= 11 is 0. The van der Waals surface area contributed by atoms with E-state index >= 15 is 0 Å². The maximum absolute atomic E-state index is 2.47. The Kier molecular flexibility index (Phi) is 3.90. The van der Waals surface area contributed by atoms with E-state index in [2.05, 4.69) is 48.5 Å². The number of rotatable bonds is 2. The van der Waals surface area contributed by atoms with E-state index in [0.29, 0.717) is 5.41 Å². The maximum atomic E-state index is 2.47. The fourth-order valence-electron chi connectivity index (χ4n) is 3.34. The minimum atomic E-state index is 0.508. The van der Waals surface area contributed by atoms with Crippen molar-refractivity contribution >= 4 is 0 Å². The predicted octanol–water partition coefficient (Wildman–Crippen LogP) is 4.99. The normalized spacial score (nSPS) is 42.2. The molecule has 0 aromatic heterocycles. The molecule has 0 aliphatic heterocycles. The summed E-state index contributed by atoms with van der Waals surface area (Å²) in [6.45, 7) is 16.9. The van der Waals surface area contributed by atoms with E-state index in [1.165, 1.54) is 12.8 Å². The molecular formula is C15H30. The molecule has 0 radical (unpaired) electrons. The average molecular weight is 210 g/mol. The molecule has 0 aromatic carbocycles. The SMILES string of the molecule is CC1C(C)C(C)C(CCC(C)(C)C)C1C. The molecule has 1 aliphatic carbocycles. The minimum Gasteiger partial charge on any atom is -0.0620 e. The van der Waals surface area contributed by atoms with Gasteiger partial charge >= 0.3 is 0 Å². The first kappa shape index (κ1) is 13.1. The van der Waals surface area contributed by atoms with Crippen molar-refractivity contribution in [2.45, 2.75) is 61.3 Å². The Morgan fingerprint density at radius 2 is 1.13 bits per heavy atom. The van der Waals surface area contributed by atoms with Crippen LogP contribution in [0.25, 0.3) is 0 Å². The molecular weight excluding hydrogens is 180 g/mol. The van der Waals surface area contributed by atoms with Crippen LogP contribution in [0.1, 0.15) is 61.3 Å². The van der Waals surface area contributed by atoms with Gasteiger partial charge in [0, 0.05) is 0 Å². The molecule has 1 fully saturated rings. The fraction of sp³-hybridized carbons (Fsp3) is 1.00. The van der Waals surface area contributed by atoms with Gasteiger partial charge in [-0.15, -0.1) is 0 Å². The first-order valence-electron chi connectivity index (χ1n) is 6.74. The summed E-state index contributed by atoms with van der Waals surface area (Å²) in [5.41, 5.74) is 0.508. The van der Waals surface area contributed by atoms with Gasteiger partial charge in [-0.3, -0.25) is 0 Å². The molecule has 1 rings (SSSR count). The fourth-order valence-corrected chi connectivity index (χ4v) is 3.34. The van der Waals surface area contributed by atoms with Gasteiger partial charge in [-0.2, -0.15) is 0 Å². The van der Waals surface area contributed by atoms with Crippen molar-refractivity contribution in [1.82, 2.24) is 0 Å². The summed E-state index contributed by atoms with van der Waals surface area (Å²) in [7, 11) is 0. The molecule has 0 heterocycles. The lowest BCUT2D eigenvalue weighted by Gasteiger charge is -2.26. The number of hydrogen-bond donors (Lipinski definition) is 0. The van der Waals surface area contributed by atoms with Gasteiger partial charge in [-0.05, 0) is 47.8 Å². The van der Waals surface area contributed by atoms with E-state index in [9.17, 15) is 0 Å². The van der Waals surface area contributed by atoms with E-state index < -0.39 is 0 Å². The Hall–Kier alpha value is 0. The van der Waals surface area contributed by atoms with Crippen LogP contribution in [-0.4, -0.2) is 0 Å². The van der Waals surface area contributed by atoms with Crippen molar-refractivity contribution in [1.29, 1.82) is 0 Å². The van der Waals surface area contributed by atoms with E-state index in [-0.39, 0.29) is 0 Å². The zero-order valence-corrected chi connectivity index (χ0v) is 11.8. The van der Waals surface area contributed by atoms with Crippen molar-refractivity contribution in [3.05, 3.63) is 0 Å². The Morgan fingerprint density at radius 1 is 0.733 bits per heavy atom. The molecule has 0 N–H and O–H groups in total. The number of hydrogen-bond acceptors (Lipinski definition) is 0. The zero-order valence-electron chi connectivity index (χ0n) is 11.8. The highest BCUT2D eigenvalue weighted by Gasteiger charge is 2.41. The predicted molar refractivity (Wildman–Crippen MR) is 68.8 cm³/mol. The molecule has 0 saturated heterocycles. The maximum Gasteiger partial charge on any atom is -0.0357 e. The van der Waals surface area contributed by atoms with Crippen LogP contribution in [0, 0.1) is 35.0 Å². The molecule has 1 saturated carbocycles. The lowest BCUT2D eigenvalue weighted by molar-refractivity contribution is 0.245. The van der Waals surface area contributed by atoms with Gasteiger partial charge in [-0.25, -0.2) is 0 Å². The van der Waals surface area contributed by atoms with Crippen LogP contribution in [0.2, 0.25) is 0 Å². The molecule has 4 unspecified atom stereocenters. The van der Waals surface area contributed by atoms with E-state index in [1.807, 2.05) is 0 Å². The van der Waals surface area contributed by atoms with Gasteiger partial charge in [-0.1, -0.05) is 48.5 Å². The third kappa shape index (κ3) is 2.98. The standard InChI is InChI=1S/C15H30/c1-10-11(2)13(4)14(12(10)3)8-9-15(5,6)7/h10-14H,8-9H2,1-7H3. The second kappa shape index (κ2) is 4.47. The molecule has 15 heavy (non-hydrogen) atoms. The van der Waals surface area contributed by atoms with Crippen LogP contribution in [0.15, 0.2) is 0 Å². The molecule has 0 heteroatoms. The van der Waals surface area contributed by atoms with Gasteiger partial charge in [0.25, 0.3) is 0 Å². The highest BCUT2D eigenvalue weighted by Crippen LogP contribution is 2.48. The largest absolute Gasteiger partial charge is 0.0620 e. The Bertz CT molecular complexity index is 185. The Morgan fingerprint density at radius 3 is 1.47 bits per heavy atom. The Balaban J connectivity index is 2.55. The summed E-state index contributed by atoms with van der Waals surface area (Å²) in [5, 5.41) is 0. The summed E-state index contributed by atoms with van der Waals surface area (Å²) in [6.07, 6.45) is 2.81. The molecule has 0 bridgehead atoms. The second-order valence-corrected chi connectivity index (χ2v) is 7.20. The van der Waals surface area contributed by atoms with Crippen LogP contribution >= 0.6 is 0 Å². The zero-order chi connectivity index (χ0) is 11.8. The second-order valence-electron chi connectivity index (χ2n) is 7.20. The third-order valence-corrected chi connectivity index (χ3v) is 5.07. The molecule has 0 aromatic rings. The molecule has 90 valence electrons. The van der Waals surface area contributed by atoms with Gasteiger partial charge in [0.05, 0.1) is 0 Å². The molecule has 0 amide bonds. The first-order chi connectivity index (χ1) is 6.74. The highest BCUT2D eigenvalue weighted by molar-refractivity contribution is 4.89. The average Bonchev–Trinajstić information content (AvgIpc) is 2.28. The molecule has 0 nitrogen and oxygen atoms in total. The van der Waals surface area contributed by atoms with Gasteiger partial charge in [0.2, 0.25) is 0 Å². The summed E-state index contributed by atoms with van der Waals surface area (Å²) in [4.78, 5) is 0. The van der Waals surface area contributed by atoms with E-state index in [1.54, 1.807) is 0 Å².